The molecule has 4 atom stereocenters. The van der Waals surface area contributed by atoms with Crippen molar-refractivity contribution in [2.75, 3.05) is 25.1 Å². The number of aliphatic hydroxyl groups is 1. The molecule has 0 bridgehead atoms. The fourth-order valence-corrected chi connectivity index (χ4v) is 5.43. The highest BCUT2D eigenvalue weighted by Crippen LogP contribution is 2.41. The fraction of sp³-hybridized carbons (Fsp3) is 0.500. The Balaban J connectivity index is 1.35. The molecule has 5 rings (SSSR count). The minimum Gasteiger partial charge on any atom is -0.493 e. The largest absolute Gasteiger partial charge is 0.493 e. The van der Waals surface area contributed by atoms with Crippen LogP contribution in [0.4, 0.5) is 5.82 Å². The summed E-state index contributed by atoms with van der Waals surface area (Å²) in [7, 11) is 1.61. The summed E-state index contributed by atoms with van der Waals surface area (Å²) in [5, 5.41) is 20.5. The van der Waals surface area contributed by atoms with Crippen LogP contribution in [-0.2, 0) is 12.8 Å². The second kappa shape index (κ2) is 8.04. The van der Waals surface area contributed by atoms with E-state index in [9.17, 15) is 15.0 Å². The molecule has 0 radical (unpaired) electrons. The first-order chi connectivity index (χ1) is 15.0. The van der Waals surface area contributed by atoms with Gasteiger partial charge in [0.05, 0.1) is 13.2 Å². The zero-order valence-electron chi connectivity index (χ0n) is 17.7. The van der Waals surface area contributed by atoms with Crippen LogP contribution in [0.3, 0.4) is 0 Å². The van der Waals surface area contributed by atoms with Gasteiger partial charge in [-0.05, 0) is 67.7 Å². The summed E-state index contributed by atoms with van der Waals surface area (Å²) < 4.78 is 11.5. The predicted molar refractivity (Wildman–Crippen MR) is 115 cm³/mol. The number of methoxy groups -OCH3 is 1. The maximum Gasteiger partial charge on any atom is 0.339 e. The Labute approximate surface area is 181 Å². The molecule has 1 saturated carbocycles. The molecule has 1 aliphatic heterocycles. The van der Waals surface area contributed by atoms with Crippen molar-refractivity contribution >= 4 is 11.8 Å². The summed E-state index contributed by atoms with van der Waals surface area (Å²) in [6.07, 6.45) is 3.31. The zero-order chi connectivity index (χ0) is 21.5. The molecule has 0 unspecified atom stereocenters. The van der Waals surface area contributed by atoms with E-state index in [4.69, 9.17) is 14.5 Å². The average molecular weight is 424 g/mol. The van der Waals surface area contributed by atoms with Gasteiger partial charge in [-0.25, -0.2) is 9.78 Å². The number of benzene rings is 1. The lowest BCUT2D eigenvalue weighted by Crippen LogP contribution is -2.42. The van der Waals surface area contributed by atoms with Crippen LogP contribution in [0, 0.1) is 11.8 Å². The third kappa shape index (κ3) is 3.71. The van der Waals surface area contributed by atoms with E-state index in [1.165, 1.54) is 0 Å². The molecule has 2 heterocycles. The van der Waals surface area contributed by atoms with Gasteiger partial charge in [-0.15, -0.1) is 0 Å². The quantitative estimate of drug-likeness (QED) is 0.762. The van der Waals surface area contributed by atoms with E-state index >= 15 is 0 Å². The molecule has 2 N–H and O–H groups in total. The SMILES string of the molecule is COc1ccccc1O[C@@H]1C[C@@H]2CN(c3nc4c(cc3C(=O)O)CCC4)C[C@@H]2C[C@H]1O. The first kappa shape index (κ1) is 20.1. The minimum atomic E-state index is -0.926. The van der Waals surface area contributed by atoms with Crippen LogP contribution >= 0.6 is 0 Å². The summed E-state index contributed by atoms with van der Waals surface area (Å²) in [5.74, 6) is 1.56. The van der Waals surface area contributed by atoms with Crippen LogP contribution in [-0.4, -0.2) is 53.6 Å². The zero-order valence-corrected chi connectivity index (χ0v) is 17.7. The number of pyridine rings is 1. The highest BCUT2D eigenvalue weighted by molar-refractivity contribution is 5.93. The molecule has 0 amide bonds. The van der Waals surface area contributed by atoms with Crippen LogP contribution < -0.4 is 14.4 Å². The highest BCUT2D eigenvalue weighted by atomic mass is 16.5. The Bertz CT molecular complexity index is 994. The topological polar surface area (TPSA) is 92.1 Å². The first-order valence-electron chi connectivity index (χ1n) is 11.0. The number of carboxylic acids is 1. The van der Waals surface area contributed by atoms with Gasteiger partial charge in [0.2, 0.25) is 0 Å². The Hall–Kier alpha value is -2.80. The van der Waals surface area contributed by atoms with Gasteiger partial charge in [0.1, 0.15) is 17.5 Å². The lowest BCUT2D eigenvalue weighted by molar-refractivity contribution is -0.0240. The van der Waals surface area contributed by atoms with E-state index in [0.717, 1.165) is 43.6 Å². The van der Waals surface area contributed by atoms with Gasteiger partial charge in [0, 0.05) is 18.8 Å². The number of para-hydroxylation sites is 2. The third-order valence-electron chi connectivity index (χ3n) is 6.99. The summed E-state index contributed by atoms with van der Waals surface area (Å²) in [5.41, 5.74) is 2.40. The Morgan fingerprint density at radius 3 is 2.61 bits per heavy atom. The maximum atomic E-state index is 11.9. The number of anilines is 1. The van der Waals surface area contributed by atoms with Crippen LogP contribution in [0.2, 0.25) is 0 Å². The standard InChI is InChI=1S/C24H28N2O5/c1-30-20-7-2-3-8-21(20)31-22-11-16-13-26(12-15(16)10-19(22)27)23-17(24(28)29)9-14-5-4-6-18(14)25-23/h2-3,7-9,15-16,19,22,27H,4-6,10-13H2,1H3,(H,28,29)/t15-,16+,19+,22+/m0/s1. The molecule has 2 aliphatic carbocycles. The van der Waals surface area contributed by atoms with Crippen molar-refractivity contribution in [1.82, 2.24) is 4.98 Å². The molecule has 2 aromatic rings. The summed E-state index contributed by atoms with van der Waals surface area (Å²) in [6, 6.07) is 9.29. The summed E-state index contributed by atoms with van der Waals surface area (Å²) in [6.45, 7) is 1.45. The lowest BCUT2D eigenvalue weighted by Gasteiger charge is -2.35. The van der Waals surface area contributed by atoms with Crippen LogP contribution in [0.15, 0.2) is 30.3 Å². The highest BCUT2D eigenvalue weighted by Gasteiger charge is 2.44. The number of aromatic nitrogens is 1. The maximum absolute atomic E-state index is 11.9. The molecule has 2 fully saturated rings. The molecular weight excluding hydrogens is 396 g/mol. The molecule has 7 heteroatoms. The fourth-order valence-electron chi connectivity index (χ4n) is 5.43. The number of hydrogen-bond donors (Lipinski definition) is 2. The number of aliphatic hydroxyl groups excluding tert-OH is 1. The first-order valence-corrected chi connectivity index (χ1v) is 11.0. The predicted octanol–water partition coefficient (Wildman–Crippen LogP) is 2.93. The van der Waals surface area contributed by atoms with Gasteiger partial charge in [0.25, 0.3) is 0 Å². The summed E-state index contributed by atoms with van der Waals surface area (Å²) in [4.78, 5) is 18.8. The molecular formula is C24H28N2O5. The van der Waals surface area contributed by atoms with Crippen molar-refractivity contribution in [3.63, 3.8) is 0 Å². The van der Waals surface area contributed by atoms with E-state index in [0.29, 0.717) is 47.6 Å². The van der Waals surface area contributed by atoms with Crippen molar-refractivity contribution in [2.45, 2.75) is 44.3 Å². The van der Waals surface area contributed by atoms with Crippen molar-refractivity contribution in [1.29, 1.82) is 0 Å². The molecule has 7 nitrogen and oxygen atoms in total. The van der Waals surface area contributed by atoms with Gasteiger partial charge in [-0.2, -0.15) is 0 Å². The smallest absolute Gasteiger partial charge is 0.339 e. The molecule has 0 spiro atoms. The molecule has 1 aromatic heterocycles. The molecule has 1 saturated heterocycles. The van der Waals surface area contributed by atoms with Crippen molar-refractivity contribution in [3.05, 3.63) is 47.2 Å². The number of rotatable bonds is 5. The normalized spacial score (nSPS) is 27.0. The van der Waals surface area contributed by atoms with Crippen molar-refractivity contribution in [2.24, 2.45) is 11.8 Å². The van der Waals surface area contributed by atoms with Gasteiger partial charge in [0.15, 0.2) is 11.5 Å². The molecule has 1 aromatic carbocycles. The number of hydrogen-bond acceptors (Lipinski definition) is 6. The Morgan fingerprint density at radius 1 is 1.13 bits per heavy atom. The van der Waals surface area contributed by atoms with Crippen LogP contribution in [0.25, 0.3) is 0 Å². The average Bonchev–Trinajstić information content (AvgIpc) is 3.39. The molecule has 164 valence electrons. The minimum absolute atomic E-state index is 0.293. The number of ether oxygens (including phenoxy) is 2. The van der Waals surface area contributed by atoms with E-state index < -0.39 is 12.1 Å². The monoisotopic (exact) mass is 424 g/mol. The van der Waals surface area contributed by atoms with E-state index in [-0.39, 0.29) is 6.10 Å². The van der Waals surface area contributed by atoms with Crippen molar-refractivity contribution < 1.29 is 24.5 Å². The third-order valence-corrected chi connectivity index (χ3v) is 6.99. The molecule has 3 aliphatic rings. The summed E-state index contributed by atoms with van der Waals surface area (Å²) >= 11 is 0. The van der Waals surface area contributed by atoms with Gasteiger partial charge in [-0.1, -0.05) is 12.1 Å². The number of fused-ring (bicyclic) bond motifs is 2. The van der Waals surface area contributed by atoms with E-state index in [1.54, 1.807) is 7.11 Å². The Morgan fingerprint density at radius 2 is 1.87 bits per heavy atom. The number of aromatic carboxylic acids is 1. The second-order valence-corrected chi connectivity index (χ2v) is 8.90. The lowest BCUT2D eigenvalue weighted by atomic mass is 9.78. The number of carboxylic acid groups (broad SMARTS) is 1. The second-order valence-electron chi connectivity index (χ2n) is 8.90. The number of nitrogens with zero attached hydrogens (tertiary/aromatic N) is 2. The number of carbonyl (C=O) groups is 1. The van der Waals surface area contributed by atoms with Gasteiger partial charge < -0.3 is 24.6 Å². The Kier molecular flexibility index (Phi) is 5.22. The van der Waals surface area contributed by atoms with Crippen LogP contribution in [0.5, 0.6) is 11.5 Å². The number of aryl methyl sites for hydroxylation is 2. The van der Waals surface area contributed by atoms with Gasteiger partial charge in [-0.3, -0.25) is 0 Å². The van der Waals surface area contributed by atoms with Crippen LogP contribution in [0.1, 0.15) is 40.9 Å². The molecule has 31 heavy (non-hydrogen) atoms. The van der Waals surface area contributed by atoms with Gasteiger partial charge >= 0.3 is 5.97 Å². The van der Waals surface area contributed by atoms with Crippen molar-refractivity contribution in [3.8, 4) is 11.5 Å². The van der Waals surface area contributed by atoms with E-state index in [2.05, 4.69) is 4.90 Å². The van der Waals surface area contributed by atoms with E-state index in [1.807, 2.05) is 30.3 Å².